The van der Waals surface area contributed by atoms with E-state index in [1.54, 1.807) is 13.1 Å². The number of aryl methyl sites for hydroxylation is 1. The van der Waals surface area contributed by atoms with Gasteiger partial charge in [0, 0.05) is 11.9 Å². The monoisotopic (exact) mass is 245 g/mol. The van der Waals surface area contributed by atoms with Gasteiger partial charge in [-0.3, -0.25) is 0 Å². The molecule has 0 saturated heterocycles. The third-order valence-electron chi connectivity index (χ3n) is 2.26. The lowest BCUT2D eigenvalue weighted by atomic mass is 10.3. The summed E-state index contributed by atoms with van der Waals surface area (Å²) in [6.45, 7) is 5.63. The molecule has 0 aliphatic rings. The smallest absolute Gasteiger partial charge is 0.212 e. The molecule has 0 saturated carbocycles. The van der Waals surface area contributed by atoms with E-state index in [2.05, 4.69) is 14.7 Å². The molecule has 1 rings (SSSR count). The van der Waals surface area contributed by atoms with Crippen molar-refractivity contribution in [2.75, 3.05) is 5.75 Å². The zero-order chi connectivity index (χ0) is 12.2. The number of aromatic amines is 1. The molecule has 0 spiro atoms. The van der Waals surface area contributed by atoms with Gasteiger partial charge in [-0.2, -0.15) is 0 Å². The van der Waals surface area contributed by atoms with Gasteiger partial charge in [-0.05, 0) is 20.3 Å². The normalized spacial score (nSPS) is 13.9. The summed E-state index contributed by atoms with van der Waals surface area (Å²) < 4.78 is 25.9. The van der Waals surface area contributed by atoms with Crippen molar-refractivity contribution < 1.29 is 8.42 Å². The summed E-state index contributed by atoms with van der Waals surface area (Å²) in [5.74, 6) is 0.825. The number of H-pyrrole nitrogens is 1. The number of hydrogen-bond acceptors (Lipinski definition) is 3. The highest BCUT2D eigenvalue weighted by Gasteiger charge is 2.16. The molecule has 1 atom stereocenters. The number of nitrogens with zero attached hydrogens (tertiary/aromatic N) is 1. The highest BCUT2D eigenvalue weighted by molar-refractivity contribution is 7.89. The van der Waals surface area contributed by atoms with Gasteiger partial charge in [0.1, 0.15) is 5.82 Å². The van der Waals surface area contributed by atoms with Crippen LogP contribution in [0.25, 0.3) is 0 Å². The number of sulfonamides is 1. The number of unbranched alkanes of at least 4 members (excludes halogenated alkanes) is 1. The van der Waals surface area contributed by atoms with Crippen molar-refractivity contribution in [2.24, 2.45) is 0 Å². The highest BCUT2D eigenvalue weighted by atomic mass is 32.2. The zero-order valence-electron chi connectivity index (χ0n) is 9.95. The van der Waals surface area contributed by atoms with Crippen LogP contribution in [0.5, 0.6) is 0 Å². The Morgan fingerprint density at radius 1 is 1.56 bits per heavy atom. The van der Waals surface area contributed by atoms with Crippen molar-refractivity contribution >= 4 is 10.0 Å². The van der Waals surface area contributed by atoms with Crippen LogP contribution in [0, 0.1) is 6.92 Å². The van der Waals surface area contributed by atoms with Crippen LogP contribution in [0.15, 0.2) is 6.20 Å². The Labute approximate surface area is 96.7 Å². The molecule has 0 aliphatic heterocycles. The predicted octanol–water partition coefficient (Wildman–Crippen LogP) is 1.50. The molecule has 1 aromatic heterocycles. The topological polar surface area (TPSA) is 74.8 Å². The van der Waals surface area contributed by atoms with E-state index in [1.165, 1.54) is 0 Å². The van der Waals surface area contributed by atoms with E-state index in [4.69, 9.17) is 0 Å². The minimum Gasteiger partial charge on any atom is -0.345 e. The zero-order valence-corrected chi connectivity index (χ0v) is 10.8. The maximum absolute atomic E-state index is 11.6. The summed E-state index contributed by atoms with van der Waals surface area (Å²) in [4.78, 5) is 7.11. The Hall–Kier alpha value is -0.880. The number of aromatic nitrogens is 2. The van der Waals surface area contributed by atoms with E-state index in [1.807, 2.05) is 13.8 Å². The van der Waals surface area contributed by atoms with Crippen molar-refractivity contribution in [3.05, 3.63) is 17.7 Å². The number of hydrogen-bond donors (Lipinski definition) is 2. The van der Waals surface area contributed by atoms with Crippen molar-refractivity contribution in [1.29, 1.82) is 0 Å². The molecule has 0 aliphatic carbocycles. The lowest BCUT2D eigenvalue weighted by Crippen LogP contribution is -2.29. The minimum absolute atomic E-state index is 0.174. The molecule has 1 heterocycles. The first-order valence-electron chi connectivity index (χ1n) is 5.46. The van der Waals surface area contributed by atoms with Gasteiger partial charge >= 0.3 is 0 Å². The average Bonchev–Trinajstić information content (AvgIpc) is 2.61. The fourth-order valence-corrected chi connectivity index (χ4v) is 2.81. The standard InChI is InChI=1S/C10H19N3O2S/c1-4-5-6-16(14,15)13-9(3)10-11-7-8(2)12-10/h7,9,13H,4-6H2,1-3H3,(H,11,12). The number of rotatable bonds is 6. The van der Waals surface area contributed by atoms with Gasteiger partial charge in [-0.25, -0.2) is 18.1 Å². The summed E-state index contributed by atoms with van der Waals surface area (Å²) in [5.41, 5.74) is 0.926. The summed E-state index contributed by atoms with van der Waals surface area (Å²) in [6, 6.07) is -0.310. The van der Waals surface area contributed by atoms with Gasteiger partial charge in [0.25, 0.3) is 0 Å². The van der Waals surface area contributed by atoms with Gasteiger partial charge in [0.2, 0.25) is 10.0 Å². The second kappa shape index (κ2) is 5.45. The van der Waals surface area contributed by atoms with Crippen molar-refractivity contribution in [3.63, 3.8) is 0 Å². The van der Waals surface area contributed by atoms with Crippen LogP contribution in [0.4, 0.5) is 0 Å². The molecular weight excluding hydrogens is 226 g/mol. The molecule has 0 amide bonds. The maximum Gasteiger partial charge on any atom is 0.212 e. The Morgan fingerprint density at radius 2 is 2.25 bits per heavy atom. The largest absolute Gasteiger partial charge is 0.345 e. The Balaban J connectivity index is 2.60. The number of nitrogens with one attached hydrogen (secondary N) is 2. The fourth-order valence-electron chi connectivity index (χ4n) is 1.37. The van der Waals surface area contributed by atoms with Crippen molar-refractivity contribution in [1.82, 2.24) is 14.7 Å². The summed E-state index contributed by atoms with van der Waals surface area (Å²) in [5, 5.41) is 0. The van der Waals surface area contributed by atoms with Crippen LogP contribution in [0.1, 0.15) is 44.2 Å². The van der Waals surface area contributed by atoms with E-state index in [-0.39, 0.29) is 11.8 Å². The van der Waals surface area contributed by atoms with E-state index < -0.39 is 10.0 Å². The molecule has 16 heavy (non-hydrogen) atoms. The van der Waals surface area contributed by atoms with Crippen LogP contribution < -0.4 is 4.72 Å². The van der Waals surface area contributed by atoms with E-state index >= 15 is 0 Å². The van der Waals surface area contributed by atoms with Gasteiger partial charge in [-0.15, -0.1) is 0 Å². The summed E-state index contributed by atoms with van der Waals surface area (Å²) in [7, 11) is -3.19. The summed E-state index contributed by atoms with van der Waals surface area (Å²) in [6.07, 6.45) is 3.24. The molecule has 0 bridgehead atoms. The molecule has 1 unspecified atom stereocenters. The van der Waals surface area contributed by atoms with Crippen LogP contribution in [0.3, 0.4) is 0 Å². The lowest BCUT2D eigenvalue weighted by Gasteiger charge is -2.11. The molecule has 6 heteroatoms. The van der Waals surface area contributed by atoms with Crippen LogP contribution in [-0.2, 0) is 10.0 Å². The second-order valence-electron chi connectivity index (χ2n) is 3.96. The van der Waals surface area contributed by atoms with Crippen LogP contribution in [-0.4, -0.2) is 24.1 Å². The maximum atomic E-state index is 11.6. The molecule has 1 aromatic rings. The number of imidazole rings is 1. The van der Waals surface area contributed by atoms with E-state index in [0.29, 0.717) is 12.2 Å². The Kier molecular flexibility index (Phi) is 4.49. The fraction of sp³-hybridized carbons (Fsp3) is 0.700. The molecule has 0 fully saturated rings. The first-order valence-corrected chi connectivity index (χ1v) is 7.11. The molecule has 0 aromatic carbocycles. The van der Waals surface area contributed by atoms with Gasteiger partial charge in [0.15, 0.2) is 0 Å². The Bertz CT molecular complexity index is 425. The lowest BCUT2D eigenvalue weighted by molar-refractivity contribution is 0.558. The SMILES string of the molecule is CCCCS(=O)(=O)NC(C)c1ncc(C)[nH]1. The van der Waals surface area contributed by atoms with Gasteiger partial charge in [0.05, 0.1) is 11.8 Å². The first kappa shape index (κ1) is 13.2. The van der Waals surface area contributed by atoms with Gasteiger partial charge in [-0.1, -0.05) is 13.3 Å². The summed E-state index contributed by atoms with van der Waals surface area (Å²) >= 11 is 0. The average molecular weight is 245 g/mol. The van der Waals surface area contributed by atoms with Crippen molar-refractivity contribution in [3.8, 4) is 0 Å². The van der Waals surface area contributed by atoms with Crippen LogP contribution in [0.2, 0.25) is 0 Å². The Morgan fingerprint density at radius 3 is 2.75 bits per heavy atom. The first-order chi connectivity index (χ1) is 7.44. The minimum atomic E-state index is -3.19. The molecule has 5 nitrogen and oxygen atoms in total. The van der Waals surface area contributed by atoms with E-state index in [9.17, 15) is 8.42 Å². The predicted molar refractivity (Wildman–Crippen MR) is 63.6 cm³/mol. The molecule has 2 N–H and O–H groups in total. The van der Waals surface area contributed by atoms with E-state index in [0.717, 1.165) is 12.1 Å². The second-order valence-corrected chi connectivity index (χ2v) is 5.84. The third kappa shape index (κ3) is 3.94. The molecule has 0 radical (unpaired) electrons. The van der Waals surface area contributed by atoms with Crippen LogP contribution >= 0.6 is 0 Å². The molecule has 92 valence electrons. The highest BCUT2D eigenvalue weighted by Crippen LogP contribution is 2.09. The third-order valence-corrected chi connectivity index (χ3v) is 3.79. The quantitative estimate of drug-likeness (QED) is 0.797. The van der Waals surface area contributed by atoms with Gasteiger partial charge < -0.3 is 4.98 Å². The molecular formula is C10H19N3O2S. The van der Waals surface area contributed by atoms with Crippen molar-refractivity contribution in [2.45, 2.75) is 39.7 Å².